The number of nitrogens with one attached hydrogen (secondary N) is 1. The molecule has 7 nitrogen and oxygen atoms in total. The fourth-order valence-corrected chi connectivity index (χ4v) is 3.32. The van der Waals surface area contributed by atoms with Crippen LogP contribution in [0.3, 0.4) is 0 Å². The third-order valence-corrected chi connectivity index (χ3v) is 4.67. The van der Waals surface area contributed by atoms with Crippen molar-refractivity contribution in [3.05, 3.63) is 47.8 Å². The van der Waals surface area contributed by atoms with E-state index in [1.54, 1.807) is 0 Å². The highest BCUT2D eigenvalue weighted by molar-refractivity contribution is 14.0. The van der Waals surface area contributed by atoms with Gasteiger partial charge in [-0.25, -0.2) is 0 Å². The summed E-state index contributed by atoms with van der Waals surface area (Å²) < 4.78 is 13.4. The lowest BCUT2D eigenvalue weighted by Crippen LogP contribution is -2.48. The number of halogens is 1. The van der Waals surface area contributed by atoms with Gasteiger partial charge in [0, 0.05) is 38.4 Å². The fourth-order valence-electron chi connectivity index (χ4n) is 3.32. The van der Waals surface area contributed by atoms with E-state index in [-0.39, 0.29) is 30.1 Å². The molecule has 1 saturated heterocycles. The van der Waals surface area contributed by atoms with Gasteiger partial charge in [0.1, 0.15) is 11.9 Å². The van der Waals surface area contributed by atoms with Crippen LogP contribution in [0.15, 0.2) is 41.7 Å². The van der Waals surface area contributed by atoms with Crippen molar-refractivity contribution in [3.63, 3.8) is 0 Å². The Morgan fingerprint density at radius 1 is 1.38 bits per heavy atom. The average molecular weight is 513 g/mol. The number of aliphatic imine (C=N–C) groups is 1. The van der Waals surface area contributed by atoms with Crippen LogP contribution >= 0.6 is 24.0 Å². The molecule has 3 rings (SSSR count). The maximum atomic E-state index is 5.95. The zero-order valence-corrected chi connectivity index (χ0v) is 19.8. The largest absolute Gasteiger partial charge is 0.494 e. The zero-order chi connectivity index (χ0) is 19.8. The summed E-state index contributed by atoms with van der Waals surface area (Å²) in [5.74, 6) is 1.86. The molecule has 29 heavy (non-hydrogen) atoms. The first-order valence-electron chi connectivity index (χ1n) is 10.0. The van der Waals surface area contributed by atoms with E-state index in [0.717, 1.165) is 49.9 Å². The Balaban J connectivity index is 0.00000300. The van der Waals surface area contributed by atoms with Crippen LogP contribution in [0, 0.1) is 0 Å². The first-order chi connectivity index (χ1) is 13.7. The van der Waals surface area contributed by atoms with Gasteiger partial charge in [-0.15, -0.1) is 24.0 Å². The maximum Gasteiger partial charge on any atom is 0.194 e. The molecule has 0 radical (unpaired) electrons. The molecule has 1 aromatic heterocycles. The second-order valence-corrected chi connectivity index (χ2v) is 6.82. The molecule has 1 aliphatic heterocycles. The zero-order valence-electron chi connectivity index (χ0n) is 17.5. The Morgan fingerprint density at radius 2 is 2.24 bits per heavy atom. The van der Waals surface area contributed by atoms with Crippen LogP contribution in [-0.2, 0) is 18.2 Å². The molecule has 1 N–H and O–H groups in total. The van der Waals surface area contributed by atoms with Crippen molar-refractivity contribution in [2.24, 2.45) is 12.0 Å². The Bertz CT molecular complexity index is 780. The van der Waals surface area contributed by atoms with Gasteiger partial charge in [-0.1, -0.05) is 12.1 Å². The third-order valence-electron chi connectivity index (χ3n) is 4.67. The van der Waals surface area contributed by atoms with Crippen molar-refractivity contribution < 1.29 is 9.47 Å². The molecule has 0 aliphatic carbocycles. The minimum absolute atomic E-state index is 0. The van der Waals surface area contributed by atoms with Crippen LogP contribution in [0.5, 0.6) is 5.75 Å². The number of morpholine rings is 1. The molecule has 0 spiro atoms. The summed E-state index contributed by atoms with van der Waals surface area (Å²) in [6.07, 6.45) is 4.80. The first kappa shape index (κ1) is 23.5. The van der Waals surface area contributed by atoms with Gasteiger partial charge in [-0.3, -0.25) is 9.67 Å². The third kappa shape index (κ3) is 6.88. The number of aromatic nitrogens is 2. The van der Waals surface area contributed by atoms with E-state index in [4.69, 9.17) is 14.5 Å². The number of hydrogen-bond donors (Lipinski definition) is 1. The summed E-state index contributed by atoms with van der Waals surface area (Å²) in [5, 5.41) is 7.69. The molecule has 1 fully saturated rings. The summed E-state index contributed by atoms with van der Waals surface area (Å²) in [7, 11) is 1.93. The van der Waals surface area contributed by atoms with Crippen LogP contribution in [-0.4, -0.2) is 60.0 Å². The van der Waals surface area contributed by atoms with E-state index in [2.05, 4.69) is 34.4 Å². The summed E-state index contributed by atoms with van der Waals surface area (Å²) in [4.78, 5) is 7.13. The second kappa shape index (κ2) is 12.0. The highest BCUT2D eigenvalue weighted by atomic mass is 127. The van der Waals surface area contributed by atoms with Crippen LogP contribution in [0.25, 0.3) is 0 Å². The predicted molar refractivity (Wildman–Crippen MR) is 126 cm³/mol. The van der Waals surface area contributed by atoms with Gasteiger partial charge in [0.05, 0.1) is 26.0 Å². The SMILES string of the molecule is CCNC(=NCCc1cccc(OCC)c1)N1CCOC(c2cnn(C)c2)C1.I. The van der Waals surface area contributed by atoms with Crippen molar-refractivity contribution in [3.8, 4) is 5.75 Å². The molecule has 0 saturated carbocycles. The van der Waals surface area contributed by atoms with Crippen molar-refractivity contribution >= 4 is 29.9 Å². The summed E-state index contributed by atoms with van der Waals surface area (Å²) in [6.45, 7) is 8.64. The maximum absolute atomic E-state index is 5.95. The van der Waals surface area contributed by atoms with Crippen LogP contribution < -0.4 is 10.1 Å². The molecule has 160 valence electrons. The lowest BCUT2D eigenvalue weighted by molar-refractivity contribution is -0.00803. The minimum atomic E-state index is 0. The Morgan fingerprint density at radius 3 is 2.97 bits per heavy atom. The summed E-state index contributed by atoms with van der Waals surface area (Å²) >= 11 is 0. The summed E-state index contributed by atoms with van der Waals surface area (Å²) in [5.41, 5.74) is 2.34. The van der Waals surface area contributed by atoms with Gasteiger partial charge in [0.15, 0.2) is 5.96 Å². The normalized spacial score (nSPS) is 17.0. The van der Waals surface area contributed by atoms with E-state index in [0.29, 0.717) is 13.2 Å². The van der Waals surface area contributed by atoms with E-state index in [9.17, 15) is 0 Å². The topological polar surface area (TPSA) is 63.9 Å². The first-order valence-corrected chi connectivity index (χ1v) is 10.0. The average Bonchev–Trinajstić information content (AvgIpc) is 3.14. The van der Waals surface area contributed by atoms with Crippen LogP contribution in [0.2, 0.25) is 0 Å². The second-order valence-electron chi connectivity index (χ2n) is 6.82. The molecular weight excluding hydrogens is 481 g/mol. The Labute approximate surface area is 190 Å². The lowest BCUT2D eigenvalue weighted by atomic mass is 10.1. The van der Waals surface area contributed by atoms with Gasteiger partial charge >= 0.3 is 0 Å². The number of benzene rings is 1. The smallest absolute Gasteiger partial charge is 0.194 e. The number of hydrogen-bond acceptors (Lipinski definition) is 4. The molecule has 1 aliphatic rings. The standard InChI is InChI=1S/C21H31N5O2.HI/c1-4-22-21(23-10-9-17-7-6-8-19(13-17)27-5-2)26-11-12-28-20(16-26)18-14-24-25(3)15-18;/h6-8,13-15,20H,4-5,9-12,16H2,1-3H3,(H,22,23);1H. The molecule has 2 heterocycles. The number of ether oxygens (including phenoxy) is 2. The van der Waals surface area contributed by atoms with Gasteiger partial charge in [-0.05, 0) is 38.0 Å². The van der Waals surface area contributed by atoms with E-state index in [1.807, 2.05) is 43.2 Å². The molecule has 2 aromatic rings. The number of aryl methyl sites for hydroxylation is 1. The molecule has 0 amide bonds. The highest BCUT2D eigenvalue weighted by Crippen LogP contribution is 2.21. The molecule has 1 unspecified atom stereocenters. The monoisotopic (exact) mass is 513 g/mol. The van der Waals surface area contributed by atoms with Gasteiger partial charge in [0.2, 0.25) is 0 Å². The quantitative estimate of drug-likeness (QED) is 0.351. The van der Waals surface area contributed by atoms with E-state index < -0.39 is 0 Å². The Kier molecular flexibility index (Phi) is 9.72. The van der Waals surface area contributed by atoms with E-state index >= 15 is 0 Å². The van der Waals surface area contributed by atoms with E-state index in [1.165, 1.54) is 5.56 Å². The fraction of sp³-hybridized carbons (Fsp3) is 0.524. The van der Waals surface area contributed by atoms with Crippen LogP contribution in [0.1, 0.15) is 31.1 Å². The van der Waals surface area contributed by atoms with Gasteiger partial charge in [-0.2, -0.15) is 5.10 Å². The molecule has 1 aromatic carbocycles. The number of rotatable bonds is 7. The van der Waals surface area contributed by atoms with Gasteiger partial charge < -0.3 is 19.7 Å². The highest BCUT2D eigenvalue weighted by Gasteiger charge is 2.25. The number of nitrogens with zero attached hydrogens (tertiary/aromatic N) is 4. The summed E-state index contributed by atoms with van der Waals surface area (Å²) in [6, 6.07) is 8.25. The van der Waals surface area contributed by atoms with Gasteiger partial charge in [0.25, 0.3) is 0 Å². The van der Waals surface area contributed by atoms with Crippen molar-refractivity contribution in [1.29, 1.82) is 0 Å². The predicted octanol–water partition coefficient (Wildman–Crippen LogP) is 3.02. The molecule has 0 bridgehead atoms. The van der Waals surface area contributed by atoms with Crippen molar-refractivity contribution in [2.75, 3.05) is 39.4 Å². The number of guanidine groups is 1. The lowest BCUT2D eigenvalue weighted by Gasteiger charge is -2.34. The molecule has 8 heteroatoms. The minimum Gasteiger partial charge on any atom is -0.494 e. The molecular formula is C21H32IN5O2. The molecule has 1 atom stereocenters. The van der Waals surface area contributed by atoms with Crippen molar-refractivity contribution in [2.45, 2.75) is 26.4 Å². The van der Waals surface area contributed by atoms with Crippen LogP contribution in [0.4, 0.5) is 0 Å². The van der Waals surface area contributed by atoms with Crippen molar-refractivity contribution in [1.82, 2.24) is 20.0 Å². The Hall–Kier alpha value is -1.81.